The number of aromatic nitrogens is 6. The molecule has 4 aromatic rings. The van der Waals surface area contributed by atoms with E-state index in [0.717, 1.165) is 23.4 Å². The molecule has 0 bridgehead atoms. The molecule has 10 heteroatoms. The molecular weight excluding hydrogens is 490 g/mol. The Morgan fingerprint density at radius 1 is 1.05 bits per heavy atom. The molecule has 1 aromatic carbocycles. The van der Waals surface area contributed by atoms with Crippen molar-refractivity contribution in [3.05, 3.63) is 77.5 Å². The summed E-state index contributed by atoms with van der Waals surface area (Å²) >= 11 is 0. The molecule has 3 heterocycles. The van der Waals surface area contributed by atoms with E-state index in [2.05, 4.69) is 48.0 Å². The van der Waals surface area contributed by atoms with Crippen LogP contribution in [0.5, 0.6) is 0 Å². The fourth-order valence-corrected chi connectivity index (χ4v) is 5.80. The summed E-state index contributed by atoms with van der Waals surface area (Å²) in [5.74, 6) is -0.890. The van der Waals surface area contributed by atoms with E-state index >= 15 is 0 Å². The Balaban J connectivity index is 1.63. The molecule has 198 valence electrons. The van der Waals surface area contributed by atoms with Gasteiger partial charge in [-0.3, -0.25) is 4.68 Å². The summed E-state index contributed by atoms with van der Waals surface area (Å²) in [6.45, 7) is 7.96. The van der Waals surface area contributed by atoms with E-state index in [0.29, 0.717) is 11.4 Å². The topological polar surface area (TPSA) is 110 Å². The van der Waals surface area contributed by atoms with Crippen LogP contribution in [0.1, 0.15) is 63.0 Å². The van der Waals surface area contributed by atoms with Crippen molar-refractivity contribution in [2.24, 2.45) is 5.41 Å². The maximum atomic E-state index is 14.6. The molecule has 0 saturated carbocycles. The fraction of sp³-hybridized carbons (Fsp3) is 0.393. The molecule has 0 spiro atoms. The quantitative estimate of drug-likeness (QED) is 0.371. The Hall–Kier alpha value is -3.63. The molecular formula is C28H30F2N6O2. The highest BCUT2D eigenvalue weighted by atomic mass is 19.1. The molecule has 3 aromatic heterocycles. The SMILES string of the molecule is CC[C@H]1c2cc(-c3c(F)cccc3F)nnc2[C@](C)(c2ccnc(-c3cnn(C(CO)CO)c3)n2)C1(C)C. The fourth-order valence-electron chi connectivity index (χ4n) is 5.80. The summed E-state index contributed by atoms with van der Waals surface area (Å²) in [5, 5.41) is 32.1. The minimum atomic E-state index is -0.686. The number of rotatable bonds is 7. The van der Waals surface area contributed by atoms with Crippen molar-refractivity contribution in [1.29, 1.82) is 0 Å². The highest BCUT2D eigenvalue weighted by molar-refractivity contribution is 5.63. The van der Waals surface area contributed by atoms with Crippen LogP contribution in [0.25, 0.3) is 22.6 Å². The van der Waals surface area contributed by atoms with E-state index in [4.69, 9.17) is 4.98 Å². The van der Waals surface area contributed by atoms with E-state index in [9.17, 15) is 19.0 Å². The molecule has 0 fully saturated rings. The van der Waals surface area contributed by atoms with Crippen molar-refractivity contribution in [2.45, 2.75) is 51.5 Å². The van der Waals surface area contributed by atoms with Crippen LogP contribution in [0.3, 0.4) is 0 Å². The van der Waals surface area contributed by atoms with Gasteiger partial charge in [0.1, 0.15) is 11.6 Å². The van der Waals surface area contributed by atoms with Gasteiger partial charge in [0.2, 0.25) is 0 Å². The normalized spacial score (nSPS) is 20.2. The van der Waals surface area contributed by atoms with Crippen LogP contribution in [0.2, 0.25) is 0 Å². The Morgan fingerprint density at radius 3 is 2.42 bits per heavy atom. The van der Waals surface area contributed by atoms with Crippen molar-refractivity contribution < 1.29 is 19.0 Å². The summed E-state index contributed by atoms with van der Waals surface area (Å²) in [4.78, 5) is 9.36. The van der Waals surface area contributed by atoms with Gasteiger partial charge in [0.05, 0.1) is 59.1 Å². The van der Waals surface area contributed by atoms with Crippen LogP contribution in [-0.2, 0) is 5.41 Å². The average molecular weight is 521 g/mol. The monoisotopic (exact) mass is 520 g/mol. The molecule has 0 saturated heterocycles. The Morgan fingerprint density at radius 2 is 1.76 bits per heavy atom. The van der Waals surface area contributed by atoms with Gasteiger partial charge in [0, 0.05) is 12.4 Å². The molecule has 0 aliphatic heterocycles. The van der Waals surface area contributed by atoms with Crippen LogP contribution >= 0.6 is 0 Å². The highest BCUT2D eigenvalue weighted by Gasteiger charge is 2.57. The highest BCUT2D eigenvalue weighted by Crippen LogP contribution is 2.61. The Bertz CT molecular complexity index is 1470. The van der Waals surface area contributed by atoms with E-state index in [1.54, 1.807) is 24.7 Å². The van der Waals surface area contributed by atoms with Gasteiger partial charge in [0.25, 0.3) is 0 Å². The third-order valence-corrected chi connectivity index (χ3v) is 8.28. The van der Waals surface area contributed by atoms with Crippen molar-refractivity contribution in [3.8, 4) is 22.6 Å². The number of benzene rings is 1. The zero-order valence-electron chi connectivity index (χ0n) is 21.7. The molecule has 2 atom stereocenters. The first kappa shape index (κ1) is 26.0. The van der Waals surface area contributed by atoms with E-state index in [1.165, 1.54) is 22.9 Å². The molecule has 38 heavy (non-hydrogen) atoms. The first-order chi connectivity index (χ1) is 18.2. The molecule has 0 unspecified atom stereocenters. The predicted molar refractivity (Wildman–Crippen MR) is 137 cm³/mol. The zero-order chi connectivity index (χ0) is 27.2. The number of hydrogen-bond acceptors (Lipinski definition) is 7. The van der Waals surface area contributed by atoms with Crippen molar-refractivity contribution >= 4 is 0 Å². The number of halogens is 2. The second kappa shape index (κ2) is 9.59. The molecule has 8 nitrogen and oxygen atoms in total. The minimum absolute atomic E-state index is 0.0302. The summed E-state index contributed by atoms with van der Waals surface area (Å²) in [6, 6.07) is 6.82. The summed E-state index contributed by atoms with van der Waals surface area (Å²) in [6.07, 6.45) is 5.75. The standard InChI is InChI=1S/C28H30F2N6O2/c1-5-19-18-11-22(24-20(29)7-6-8-21(24)30)34-35-25(18)28(4,27(19,2)3)23-9-10-31-26(33-23)16-12-32-36(13-16)17(14-37)15-38/h6-13,17,19,37-38H,5,14-15H2,1-4H3/t19-,28-/m0/s1. The summed E-state index contributed by atoms with van der Waals surface area (Å²) < 4.78 is 30.6. The smallest absolute Gasteiger partial charge is 0.162 e. The molecule has 0 amide bonds. The largest absolute Gasteiger partial charge is 0.394 e. The molecule has 2 N–H and O–H groups in total. The maximum absolute atomic E-state index is 14.6. The maximum Gasteiger partial charge on any atom is 0.162 e. The summed E-state index contributed by atoms with van der Waals surface area (Å²) in [5.41, 5.74) is 1.91. The van der Waals surface area contributed by atoms with Crippen molar-refractivity contribution in [1.82, 2.24) is 29.9 Å². The van der Waals surface area contributed by atoms with Gasteiger partial charge in [-0.15, -0.1) is 5.10 Å². The van der Waals surface area contributed by atoms with E-state index in [-0.39, 0.29) is 35.8 Å². The minimum Gasteiger partial charge on any atom is -0.394 e. The van der Waals surface area contributed by atoms with Crippen molar-refractivity contribution in [2.75, 3.05) is 13.2 Å². The molecule has 0 radical (unpaired) electrons. The first-order valence-electron chi connectivity index (χ1n) is 12.6. The van der Waals surface area contributed by atoms with Crippen molar-refractivity contribution in [3.63, 3.8) is 0 Å². The molecule has 5 rings (SSSR count). The Labute approximate surface area is 219 Å². The van der Waals surface area contributed by atoms with Gasteiger partial charge in [-0.25, -0.2) is 18.7 Å². The van der Waals surface area contributed by atoms with Gasteiger partial charge >= 0.3 is 0 Å². The van der Waals surface area contributed by atoms with Crippen LogP contribution < -0.4 is 0 Å². The van der Waals surface area contributed by atoms with Gasteiger partial charge < -0.3 is 10.2 Å². The predicted octanol–water partition coefficient (Wildman–Crippen LogP) is 4.44. The van der Waals surface area contributed by atoms with Gasteiger partial charge in [-0.2, -0.15) is 10.2 Å². The third kappa shape index (κ3) is 3.82. The lowest BCUT2D eigenvalue weighted by Gasteiger charge is -2.41. The Kier molecular flexibility index (Phi) is 6.56. The van der Waals surface area contributed by atoms with E-state index in [1.807, 2.05) is 6.07 Å². The lowest BCUT2D eigenvalue weighted by Crippen LogP contribution is -2.40. The van der Waals surface area contributed by atoms with Gasteiger partial charge in [-0.05, 0) is 54.5 Å². The summed E-state index contributed by atoms with van der Waals surface area (Å²) in [7, 11) is 0. The van der Waals surface area contributed by atoms with E-state index < -0.39 is 23.1 Å². The van der Waals surface area contributed by atoms with Gasteiger partial charge in [-0.1, -0.05) is 26.8 Å². The number of aliphatic hydroxyl groups is 2. The number of nitrogens with zero attached hydrogens (tertiary/aromatic N) is 6. The number of hydrogen-bond donors (Lipinski definition) is 2. The molecule has 1 aliphatic rings. The average Bonchev–Trinajstić information content (AvgIpc) is 3.45. The van der Waals surface area contributed by atoms with Gasteiger partial charge in [0.15, 0.2) is 5.82 Å². The zero-order valence-corrected chi connectivity index (χ0v) is 21.7. The van der Waals surface area contributed by atoms with Crippen LogP contribution in [-0.4, -0.2) is 53.4 Å². The number of fused-ring (bicyclic) bond motifs is 1. The third-order valence-electron chi connectivity index (χ3n) is 8.28. The number of aliphatic hydroxyl groups excluding tert-OH is 2. The van der Waals surface area contributed by atoms with Crippen LogP contribution in [0, 0.1) is 17.0 Å². The lowest BCUT2D eigenvalue weighted by atomic mass is 9.62. The second-order valence-corrected chi connectivity index (χ2v) is 10.4. The van der Waals surface area contributed by atoms with Crippen LogP contribution in [0.4, 0.5) is 8.78 Å². The lowest BCUT2D eigenvalue weighted by molar-refractivity contribution is 0.146. The van der Waals surface area contributed by atoms with Crippen LogP contribution in [0.15, 0.2) is 48.9 Å². The molecule has 1 aliphatic carbocycles. The second-order valence-electron chi connectivity index (χ2n) is 10.4. The first-order valence-corrected chi connectivity index (χ1v) is 12.6.